The first-order chi connectivity index (χ1) is 7.04. The van der Waals surface area contributed by atoms with E-state index in [1.165, 1.54) is 0 Å². The molecule has 0 unspecified atom stereocenters. The largest absolute Gasteiger partial charge is 0.369 e. The van der Waals surface area contributed by atoms with Crippen LogP contribution in [-0.2, 0) is 4.74 Å². The predicted molar refractivity (Wildman–Crippen MR) is 64.5 cm³/mol. The van der Waals surface area contributed by atoms with Gasteiger partial charge in [-0.05, 0) is 32.0 Å². The Morgan fingerprint density at radius 3 is 2.53 bits per heavy atom. The summed E-state index contributed by atoms with van der Waals surface area (Å²) in [6.45, 7) is 4.31. The Bertz CT molecular complexity index is 328. The summed E-state index contributed by atoms with van der Waals surface area (Å²) in [6, 6.07) is 5.30. The van der Waals surface area contributed by atoms with E-state index >= 15 is 0 Å². The van der Waals surface area contributed by atoms with Crippen LogP contribution in [0.4, 0.5) is 0 Å². The molecule has 2 nitrogen and oxygen atoms in total. The van der Waals surface area contributed by atoms with Gasteiger partial charge >= 0.3 is 0 Å². The number of halogens is 2. The van der Waals surface area contributed by atoms with Gasteiger partial charge in [-0.2, -0.15) is 0 Å². The van der Waals surface area contributed by atoms with Crippen molar-refractivity contribution in [3.05, 3.63) is 33.8 Å². The van der Waals surface area contributed by atoms with E-state index in [0.717, 1.165) is 5.56 Å². The van der Waals surface area contributed by atoms with Crippen LogP contribution in [0, 0.1) is 0 Å². The van der Waals surface area contributed by atoms with Gasteiger partial charge in [0, 0.05) is 22.2 Å². The van der Waals surface area contributed by atoms with Gasteiger partial charge in [0.1, 0.15) is 0 Å². The molecule has 0 bridgehead atoms. The van der Waals surface area contributed by atoms with Crippen molar-refractivity contribution in [1.29, 1.82) is 0 Å². The third-order valence-electron chi connectivity index (χ3n) is 1.96. The molecule has 0 heterocycles. The summed E-state index contributed by atoms with van der Waals surface area (Å²) < 4.78 is 5.65. The standard InChI is InChI=1S/C11H15Cl2NO/c1-7(2)15-11(6-14)9-5-8(12)3-4-10(9)13/h3-5,7,11H,6,14H2,1-2H3/t11-/m1/s1. The lowest BCUT2D eigenvalue weighted by molar-refractivity contribution is 0.0120. The molecule has 0 saturated carbocycles. The topological polar surface area (TPSA) is 35.2 Å². The second kappa shape index (κ2) is 5.71. The van der Waals surface area contributed by atoms with Crippen molar-refractivity contribution >= 4 is 23.2 Å². The average Bonchev–Trinajstić information content (AvgIpc) is 2.18. The average molecular weight is 248 g/mol. The molecule has 0 spiro atoms. The molecule has 84 valence electrons. The maximum atomic E-state index is 6.06. The highest BCUT2D eigenvalue weighted by molar-refractivity contribution is 6.33. The molecule has 0 aromatic heterocycles. The van der Waals surface area contributed by atoms with E-state index in [0.29, 0.717) is 16.6 Å². The molecule has 0 saturated heterocycles. The van der Waals surface area contributed by atoms with Gasteiger partial charge in [0.25, 0.3) is 0 Å². The minimum Gasteiger partial charge on any atom is -0.369 e. The molecule has 1 aromatic carbocycles. The smallest absolute Gasteiger partial charge is 0.0965 e. The van der Waals surface area contributed by atoms with E-state index in [-0.39, 0.29) is 12.2 Å². The van der Waals surface area contributed by atoms with E-state index in [1.807, 2.05) is 13.8 Å². The molecule has 0 amide bonds. The predicted octanol–water partition coefficient (Wildman–Crippen LogP) is 3.42. The van der Waals surface area contributed by atoms with Crippen LogP contribution in [0.2, 0.25) is 10.0 Å². The fourth-order valence-corrected chi connectivity index (χ4v) is 1.77. The van der Waals surface area contributed by atoms with E-state index in [4.69, 9.17) is 33.7 Å². The Labute approximate surface area is 100 Å². The van der Waals surface area contributed by atoms with Gasteiger partial charge in [-0.25, -0.2) is 0 Å². The second-order valence-corrected chi connectivity index (χ2v) is 4.42. The van der Waals surface area contributed by atoms with Crippen molar-refractivity contribution in [2.75, 3.05) is 6.54 Å². The van der Waals surface area contributed by atoms with Crippen LogP contribution >= 0.6 is 23.2 Å². The lowest BCUT2D eigenvalue weighted by atomic mass is 10.1. The zero-order valence-electron chi connectivity index (χ0n) is 8.84. The van der Waals surface area contributed by atoms with Crippen molar-refractivity contribution < 1.29 is 4.74 Å². The zero-order valence-corrected chi connectivity index (χ0v) is 10.3. The highest BCUT2D eigenvalue weighted by atomic mass is 35.5. The lowest BCUT2D eigenvalue weighted by Gasteiger charge is -2.20. The maximum absolute atomic E-state index is 6.06. The van der Waals surface area contributed by atoms with Crippen LogP contribution in [0.3, 0.4) is 0 Å². The van der Waals surface area contributed by atoms with Gasteiger partial charge in [-0.1, -0.05) is 23.2 Å². The normalized spacial score (nSPS) is 13.2. The molecule has 0 aliphatic rings. The third kappa shape index (κ3) is 3.65. The summed E-state index contributed by atoms with van der Waals surface area (Å²) in [5.74, 6) is 0. The Morgan fingerprint density at radius 1 is 1.33 bits per heavy atom. The molecule has 2 N–H and O–H groups in total. The van der Waals surface area contributed by atoms with Crippen LogP contribution in [0.1, 0.15) is 25.5 Å². The van der Waals surface area contributed by atoms with Crippen LogP contribution in [0.15, 0.2) is 18.2 Å². The summed E-state index contributed by atoms with van der Waals surface area (Å²) in [5.41, 5.74) is 6.49. The van der Waals surface area contributed by atoms with Crippen LogP contribution < -0.4 is 5.73 Å². The van der Waals surface area contributed by atoms with E-state index in [2.05, 4.69) is 0 Å². The van der Waals surface area contributed by atoms with Gasteiger partial charge in [-0.15, -0.1) is 0 Å². The molecular formula is C11H15Cl2NO. The first-order valence-corrected chi connectivity index (χ1v) is 5.60. The van der Waals surface area contributed by atoms with Gasteiger partial charge in [0.2, 0.25) is 0 Å². The van der Waals surface area contributed by atoms with Gasteiger partial charge < -0.3 is 10.5 Å². The number of hydrogen-bond donors (Lipinski definition) is 1. The first kappa shape index (κ1) is 12.8. The number of hydrogen-bond acceptors (Lipinski definition) is 2. The summed E-state index contributed by atoms with van der Waals surface area (Å²) in [7, 11) is 0. The number of ether oxygens (including phenoxy) is 1. The SMILES string of the molecule is CC(C)O[C@H](CN)c1cc(Cl)ccc1Cl. The number of benzene rings is 1. The van der Waals surface area contributed by atoms with Gasteiger partial charge in [0.05, 0.1) is 12.2 Å². The molecule has 1 rings (SSSR count). The second-order valence-electron chi connectivity index (χ2n) is 3.58. The maximum Gasteiger partial charge on any atom is 0.0965 e. The first-order valence-electron chi connectivity index (χ1n) is 4.85. The Balaban J connectivity index is 2.95. The van der Waals surface area contributed by atoms with Crippen molar-refractivity contribution in [1.82, 2.24) is 0 Å². The zero-order chi connectivity index (χ0) is 11.4. The molecule has 0 fully saturated rings. The molecule has 15 heavy (non-hydrogen) atoms. The third-order valence-corrected chi connectivity index (χ3v) is 2.53. The molecule has 1 aromatic rings. The van der Waals surface area contributed by atoms with E-state index < -0.39 is 0 Å². The van der Waals surface area contributed by atoms with Crippen LogP contribution in [-0.4, -0.2) is 12.6 Å². The minimum atomic E-state index is -0.198. The van der Waals surface area contributed by atoms with Gasteiger partial charge in [0.15, 0.2) is 0 Å². The quantitative estimate of drug-likeness (QED) is 0.886. The minimum absolute atomic E-state index is 0.105. The summed E-state index contributed by atoms with van der Waals surface area (Å²) >= 11 is 12.0. The molecule has 0 aliphatic heterocycles. The molecule has 0 aliphatic carbocycles. The van der Waals surface area contributed by atoms with Crippen molar-refractivity contribution in [3.8, 4) is 0 Å². The van der Waals surface area contributed by atoms with Crippen LogP contribution in [0.25, 0.3) is 0 Å². The van der Waals surface area contributed by atoms with Crippen molar-refractivity contribution in [2.45, 2.75) is 26.1 Å². The summed E-state index contributed by atoms with van der Waals surface area (Å²) in [4.78, 5) is 0. The summed E-state index contributed by atoms with van der Waals surface area (Å²) in [5, 5.41) is 1.27. The lowest BCUT2D eigenvalue weighted by Crippen LogP contribution is -2.19. The Kier molecular flexibility index (Phi) is 4.87. The Hall–Kier alpha value is -0.280. The van der Waals surface area contributed by atoms with Crippen molar-refractivity contribution in [2.24, 2.45) is 5.73 Å². The molecule has 4 heteroatoms. The fraction of sp³-hybridized carbons (Fsp3) is 0.455. The van der Waals surface area contributed by atoms with Gasteiger partial charge in [-0.3, -0.25) is 0 Å². The summed E-state index contributed by atoms with van der Waals surface area (Å²) in [6.07, 6.45) is -0.0928. The monoisotopic (exact) mass is 247 g/mol. The fourth-order valence-electron chi connectivity index (χ4n) is 1.35. The Morgan fingerprint density at radius 2 is 2.00 bits per heavy atom. The van der Waals surface area contributed by atoms with E-state index in [9.17, 15) is 0 Å². The molecule has 0 radical (unpaired) electrons. The molecular weight excluding hydrogens is 233 g/mol. The highest BCUT2D eigenvalue weighted by Gasteiger charge is 2.15. The number of rotatable bonds is 4. The molecule has 1 atom stereocenters. The van der Waals surface area contributed by atoms with E-state index in [1.54, 1.807) is 18.2 Å². The highest BCUT2D eigenvalue weighted by Crippen LogP contribution is 2.28. The van der Waals surface area contributed by atoms with Crippen LogP contribution in [0.5, 0.6) is 0 Å². The van der Waals surface area contributed by atoms with Crippen molar-refractivity contribution in [3.63, 3.8) is 0 Å². The number of nitrogens with two attached hydrogens (primary N) is 1.